The first kappa shape index (κ1) is 10.6. The van der Waals surface area contributed by atoms with E-state index in [0.717, 1.165) is 18.0 Å². The van der Waals surface area contributed by atoms with Gasteiger partial charge in [0.25, 0.3) is 0 Å². The summed E-state index contributed by atoms with van der Waals surface area (Å²) in [5.74, 6) is 0. The summed E-state index contributed by atoms with van der Waals surface area (Å²) in [6, 6.07) is 8.55. The Kier molecular flexibility index (Phi) is 4.26. The van der Waals surface area contributed by atoms with Gasteiger partial charge in [0.15, 0.2) is 0 Å². The van der Waals surface area contributed by atoms with Gasteiger partial charge >= 0.3 is 0 Å². The summed E-state index contributed by atoms with van der Waals surface area (Å²) in [5, 5.41) is 4.19. The second kappa shape index (κ2) is 5.25. The molecule has 1 nitrogen and oxygen atoms in total. The molecule has 72 valence electrons. The van der Waals surface area contributed by atoms with Crippen LogP contribution < -0.4 is 5.32 Å². The summed E-state index contributed by atoms with van der Waals surface area (Å²) >= 11 is 5.88. The zero-order valence-electron chi connectivity index (χ0n) is 8.18. The van der Waals surface area contributed by atoms with Crippen molar-refractivity contribution in [2.75, 3.05) is 6.54 Å². The predicted molar refractivity (Wildman–Crippen MR) is 58.3 cm³/mol. The van der Waals surface area contributed by atoms with E-state index in [0.29, 0.717) is 6.04 Å². The van der Waals surface area contributed by atoms with Gasteiger partial charge < -0.3 is 5.32 Å². The summed E-state index contributed by atoms with van der Waals surface area (Å²) in [5.41, 5.74) is 1.29. The van der Waals surface area contributed by atoms with Gasteiger partial charge in [-0.2, -0.15) is 0 Å². The molecule has 0 aliphatic carbocycles. The maximum absolute atomic E-state index is 5.88. The monoisotopic (exact) mass is 197 g/mol. The van der Waals surface area contributed by atoms with Crippen molar-refractivity contribution in [1.82, 2.24) is 5.32 Å². The van der Waals surface area contributed by atoms with Crippen LogP contribution >= 0.6 is 11.6 Å². The lowest BCUT2D eigenvalue weighted by Gasteiger charge is -2.11. The van der Waals surface area contributed by atoms with Gasteiger partial charge in [0.1, 0.15) is 0 Å². The van der Waals surface area contributed by atoms with Crippen molar-refractivity contribution in [3.63, 3.8) is 0 Å². The molecular weight excluding hydrogens is 182 g/mol. The number of halogens is 1. The molecule has 0 radical (unpaired) electrons. The number of benzene rings is 1. The Hall–Kier alpha value is -0.530. The molecule has 0 saturated heterocycles. The standard InChI is InChI=1S/C11H16ClN/c1-3-13-9(2)7-10-5-4-6-11(12)8-10/h4-6,8-9,13H,3,7H2,1-2H3. The van der Waals surface area contributed by atoms with E-state index in [9.17, 15) is 0 Å². The number of hydrogen-bond acceptors (Lipinski definition) is 1. The second-order valence-electron chi connectivity index (χ2n) is 3.29. The first-order chi connectivity index (χ1) is 6.22. The van der Waals surface area contributed by atoms with Crippen molar-refractivity contribution in [2.45, 2.75) is 26.3 Å². The Labute approximate surface area is 85.1 Å². The first-order valence-electron chi connectivity index (χ1n) is 4.70. The molecule has 0 aliphatic heterocycles. The van der Waals surface area contributed by atoms with Crippen LogP contribution in [0.4, 0.5) is 0 Å². The maximum Gasteiger partial charge on any atom is 0.0408 e. The Bertz CT molecular complexity index is 260. The van der Waals surface area contributed by atoms with Crippen LogP contribution in [0.25, 0.3) is 0 Å². The number of rotatable bonds is 4. The van der Waals surface area contributed by atoms with Crippen molar-refractivity contribution in [2.24, 2.45) is 0 Å². The smallest absolute Gasteiger partial charge is 0.0408 e. The van der Waals surface area contributed by atoms with Crippen LogP contribution in [0.3, 0.4) is 0 Å². The molecular formula is C11H16ClN. The quantitative estimate of drug-likeness (QED) is 0.783. The van der Waals surface area contributed by atoms with E-state index in [-0.39, 0.29) is 0 Å². The molecule has 1 aromatic carbocycles. The zero-order chi connectivity index (χ0) is 9.68. The molecule has 0 heterocycles. The van der Waals surface area contributed by atoms with E-state index in [1.54, 1.807) is 0 Å². The summed E-state index contributed by atoms with van der Waals surface area (Å²) in [7, 11) is 0. The predicted octanol–water partition coefficient (Wildman–Crippen LogP) is 2.88. The molecule has 0 fully saturated rings. The fourth-order valence-corrected chi connectivity index (χ4v) is 1.65. The van der Waals surface area contributed by atoms with Crippen molar-refractivity contribution in [3.8, 4) is 0 Å². The molecule has 2 heteroatoms. The highest BCUT2D eigenvalue weighted by atomic mass is 35.5. The molecule has 1 aromatic rings. The van der Waals surface area contributed by atoms with E-state index in [4.69, 9.17) is 11.6 Å². The lowest BCUT2D eigenvalue weighted by molar-refractivity contribution is 0.565. The largest absolute Gasteiger partial charge is 0.314 e. The Morgan fingerprint density at radius 3 is 2.85 bits per heavy atom. The van der Waals surface area contributed by atoms with Gasteiger partial charge in [-0.3, -0.25) is 0 Å². The van der Waals surface area contributed by atoms with Crippen LogP contribution in [0.2, 0.25) is 5.02 Å². The average molecular weight is 198 g/mol. The minimum Gasteiger partial charge on any atom is -0.314 e. The Balaban J connectivity index is 2.53. The third kappa shape index (κ3) is 3.79. The SMILES string of the molecule is CCNC(C)Cc1cccc(Cl)c1. The van der Waals surface area contributed by atoms with E-state index < -0.39 is 0 Å². The van der Waals surface area contributed by atoms with E-state index in [1.165, 1.54) is 5.56 Å². The zero-order valence-corrected chi connectivity index (χ0v) is 8.93. The minimum absolute atomic E-state index is 0.517. The first-order valence-corrected chi connectivity index (χ1v) is 5.08. The third-order valence-electron chi connectivity index (χ3n) is 1.98. The van der Waals surface area contributed by atoms with Crippen LogP contribution in [-0.4, -0.2) is 12.6 Å². The highest BCUT2D eigenvalue weighted by Crippen LogP contribution is 2.11. The van der Waals surface area contributed by atoms with E-state index in [1.807, 2.05) is 18.2 Å². The lowest BCUT2D eigenvalue weighted by Crippen LogP contribution is -2.27. The van der Waals surface area contributed by atoms with Crippen molar-refractivity contribution in [1.29, 1.82) is 0 Å². The van der Waals surface area contributed by atoms with Crippen molar-refractivity contribution < 1.29 is 0 Å². The summed E-state index contributed by atoms with van der Waals surface area (Å²) < 4.78 is 0. The van der Waals surface area contributed by atoms with Crippen LogP contribution in [-0.2, 0) is 6.42 Å². The van der Waals surface area contributed by atoms with Gasteiger partial charge in [-0.25, -0.2) is 0 Å². The highest BCUT2D eigenvalue weighted by molar-refractivity contribution is 6.30. The fraction of sp³-hybridized carbons (Fsp3) is 0.455. The number of likely N-dealkylation sites (N-methyl/N-ethyl adjacent to an activating group) is 1. The molecule has 1 rings (SSSR count). The van der Waals surface area contributed by atoms with Crippen LogP contribution in [0.15, 0.2) is 24.3 Å². The fourth-order valence-electron chi connectivity index (χ4n) is 1.44. The maximum atomic E-state index is 5.88. The van der Waals surface area contributed by atoms with Crippen LogP contribution in [0.1, 0.15) is 19.4 Å². The topological polar surface area (TPSA) is 12.0 Å². The molecule has 1 N–H and O–H groups in total. The second-order valence-corrected chi connectivity index (χ2v) is 3.73. The molecule has 0 spiro atoms. The molecule has 0 bridgehead atoms. The van der Waals surface area contributed by atoms with Gasteiger partial charge in [0.2, 0.25) is 0 Å². The number of hydrogen-bond donors (Lipinski definition) is 1. The van der Waals surface area contributed by atoms with Gasteiger partial charge in [0.05, 0.1) is 0 Å². The van der Waals surface area contributed by atoms with E-state index >= 15 is 0 Å². The summed E-state index contributed by atoms with van der Waals surface area (Å²) in [4.78, 5) is 0. The van der Waals surface area contributed by atoms with Crippen molar-refractivity contribution >= 4 is 11.6 Å². The minimum atomic E-state index is 0.517. The molecule has 0 saturated carbocycles. The molecule has 1 atom stereocenters. The molecule has 13 heavy (non-hydrogen) atoms. The molecule has 0 aliphatic rings. The lowest BCUT2D eigenvalue weighted by atomic mass is 10.1. The Morgan fingerprint density at radius 1 is 1.46 bits per heavy atom. The van der Waals surface area contributed by atoms with Gasteiger partial charge in [-0.15, -0.1) is 0 Å². The highest BCUT2D eigenvalue weighted by Gasteiger charge is 2.01. The third-order valence-corrected chi connectivity index (χ3v) is 2.22. The molecule has 0 amide bonds. The van der Waals surface area contributed by atoms with E-state index in [2.05, 4.69) is 25.2 Å². The number of nitrogens with one attached hydrogen (secondary N) is 1. The van der Waals surface area contributed by atoms with Crippen LogP contribution in [0.5, 0.6) is 0 Å². The average Bonchev–Trinajstić information content (AvgIpc) is 2.04. The van der Waals surface area contributed by atoms with Gasteiger partial charge in [0, 0.05) is 11.1 Å². The van der Waals surface area contributed by atoms with Crippen molar-refractivity contribution in [3.05, 3.63) is 34.9 Å². The van der Waals surface area contributed by atoms with Gasteiger partial charge in [-0.05, 0) is 37.6 Å². The molecule has 0 aromatic heterocycles. The Morgan fingerprint density at radius 2 is 2.23 bits per heavy atom. The van der Waals surface area contributed by atoms with Crippen LogP contribution in [0, 0.1) is 0 Å². The van der Waals surface area contributed by atoms with Gasteiger partial charge in [-0.1, -0.05) is 30.7 Å². The normalized spacial score (nSPS) is 12.8. The summed E-state index contributed by atoms with van der Waals surface area (Å²) in [6.45, 7) is 5.32. The summed E-state index contributed by atoms with van der Waals surface area (Å²) in [6.07, 6.45) is 1.04. The molecule has 1 unspecified atom stereocenters.